The number of hydrogen-bond donors (Lipinski definition) is 0. The molecule has 43 heavy (non-hydrogen) atoms. The molecule has 9 nitrogen and oxygen atoms in total. The van der Waals surface area contributed by atoms with E-state index in [1.807, 2.05) is 0 Å². The van der Waals surface area contributed by atoms with Gasteiger partial charge < -0.3 is 4.57 Å². The van der Waals surface area contributed by atoms with Gasteiger partial charge in [0.15, 0.2) is 10.8 Å². The lowest BCUT2D eigenvalue weighted by molar-refractivity contribution is -0.124. The van der Waals surface area contributed by atoms with E-state index in [9.17, 15) is 30.8 Å². The molecule has 0 unspecified atom stereocenters. The third-order valence-electron chi connectivity index (χ3n) is 7.91. The molecule has 1 atom stereocenters. The second-order valence-electron chi connectivity index (χ2n) is 10.5. The zero-order valence-corrected chi connectivity index (χ0v) is 24.4. The summed E-state index contributed by atoms with van der Waals surface area (Å²) in [6.07, 6.45) is 1.33. The van der Waals surface area contributed by atoms with Crippen molar-refractivity contribution in [2.45, 2.75) is 37.9 Å². The van der Waals surface area contributed by atoms with Crippen LogP contribution in [0.2, 0.25) is 0 Å². The van der Waals surface area contributed by atoms with Gasteiger partial charge in [0, 0.05) is 26.3 Å². The molecule has 3 heterocycles. The Bertz CT molecular complexity index is 1800. The molecule has 3 aromatic rings. The summed E-state index contributed by atoms with van der Waals surface area (Å²) in [7, 11) is -2.53. The van der Waals surface area contributed by atoms with Crippen LogP contribution < -0.4 is 0 Å². The lowest BCUT2D eigenvalue weighted by atomic mass is 9.65. The maximum Gasteiger partial charge on any atom is 0.416 e. The third-order valence-corrected chi connectivity index (χ3v) is 9.63. The van der Waals surface area contributed by atoms with E-state index in [2.05, 4.69) is 21.8 Å². The number of allylic oxidation sites excluding steroid dienone is 4. The van der Waals surface area contributed by atoms with E-state index in [1.165, 1.54) is 43.6 Å². The van der Waals surface area contributed by atoms with Crippen LogP contribution in [0.15, 0.2) is 75.7 Å². The average molecular weight is 617 g/mol. The molecule has 2 aromatic heterocycles. The molecule has 0 radical (unpaired) electrons. The normalized spacial score (nSPS) is 19.9. The SMILES string of the molecule is C=N/C(=C\C(=C/C)C(F)(F)F)C(=O)[C@]12Cc3cnn(-c4ccc(F)cc4)c3C=C1CCN(S(=O)(=O)c1cn(C)c(C)n1)C2. The summed E-state index contributed by atoms with van der Waals surface area (Å²) >= 11 is 0. The molecule has 2 aliphatic rings. The third kappa shape index (κ3) is 5.29. The number of alkyl halides is 3. The molecule has 0 spiro atoms. The Morgan fingerprint density at radius 3 is 2.49 bits per heavy atom. The van der Waals surface area contributed by atoms with Gasteiger partial charge in [0.2, 0.25) is 0 Å². The number of aliphatic imine (C=N–C) groups is 1. The van der Waals surface area contributed by atoms with Gasteiger partial charge in [-0.15, -0.1) is 0 Å². The zero-order valence-electron chi connectivity index (χ0n) is 23.6. The van der Waals surface area contributed by atoms with Crippen LogP contribution in [0.3, 0.4) is 0 Å². The number of carbonyl (C=O) groups excluding carboxylic acids is 1. The summed E-state index contributed by atoms with van der Waals surface area (Å²) in [5.74, 6) is -0.765. The van der Waals surface area contributed by atoms with Crippen molar-refractivity contribution in [3.63, 3.8) is 0 Å². The number of hydrogen-bond acceptors (Lipinski definition) is 6. The highest BCUT2D eigenvalue weighted by molar-refractivity contribution is 7.89. The molecule has 0 saturated carbocycles. The fourth-order valence-electron chi connectivity index (χ4n) is 5.50. The van der Waals surface area contributed by atoms with Gasteiger partial charge in [-0.05, 0) is 75.4 Å². The summed E-state index contributed by atoms with van der Waals surface area (Å²) in [5.41, 5.74) is -1.01. The molecular formula is C29H28F4N6O3S. The topological polar surface area (TPSA) is 102 Å². The number of nitrogens with zero attached hydrogens (tertiary/aromatic N) is 6. The van der Waals surface area contributed by atoms with Gasteiger partial charge in [-0.2, -0.15) is 22.6 Å². The van der Waals surface area contributed by atoms with Crippen LogP contribution in [0.1, 0.15) is 30.4 Å². The van der Waals surface area contributed by atoms with E-state index in [0.29, 0.717) is 34.4 Å². The average Bonchev–Trinajstić information content (AvgIpc) is 3.53. The first kappa shape index (κ1) is 30.3. The highest BCUT2D eigenvalue weighted by atomic mass is 32.2. The Balaban J connectivity index is 1.64. The van der Waals surface area contributed by atoms with Crippen molar-refractivity contribution in [3.05, 3.63) is 88.6 Å². The van der Waals surface area contributed by atoms with Crippen molar-refractivity contribution in [2.75, 3.05) is 13.1 Å². The molecule has 1 aliphatic carbocycles. The van der Waals surface area contributed by atoms with Crippen LogP contribution in [-0.4, -0.2) is 63.8 Å². The molecule has 226 valence electrons. The van der Waals surface area contributed by atoms with Crippen LogP contribution in [0, 0.1) is 18.2 Å². The summed E-state index contributed by atoms with van der Waals surface area (Å²) in [6.45, 7) is 5.84. The number of piperidine rings is 1. The number of imidazole rings is 1. The Hall–Kier alpha value is -4.17. The number of halogens is 4. The number of ketones is 1. The van der Waals surface area contributed by atoms with Crippen LogP contribution in [-0.2, 0) is 28.3 Å². The second kappa shape index (κ2) is 10.8. The van der Waals surface area contributed by atoms with Crippen molar-refractivity contribution >= 4 is 28.6 Å². The summed E-state index contributed by atoms with van der Waals surface area (Å²) in [6, 6.07) is 5.64. The molecule has 0 N–H and O–H groups in total. The van der Waals surface area contributed by atoms with E-state index < -0.39 is 44.5 Å². The number of aryl methyl sites for hydroxylation is 2. The number of benzene rings is 1. The predicted molar refractivity (Wildman–Crippen MR) is 151 cm³/mol. The molecule has 0 amide bonds. The van der Waals surface area contributed by atoms with E-state index in [4.69, 9.17) is 0 Å². The Labute approximate surface area is 245 Å². The maximum absolute atomic E-state index is 14.3. The minimum Gasteiger partial charge on any atom is -0.337 e. The number of sulfonamides is 1. The maximum atomic E-state index is 14.3. The van der Waals surface area contributed by atoms with E-state index in [0.717, 1.165) is 10.4 Å². The van der Waals surface area contributed by atoms with Crippen LogP contribution in [0.25, 0.3) is 11.8 Å². The van der Waals surface area contributed by atoms with Gasteiger partial charge in [0.05, 0.1) is 28.6 Å². The van der Waals surface area contributed by atoms with Gasteiger partial charge in [0.25, 0.3) is 10.0 Å². The molecule has 1 fully saturated rings. The first-order valence-corrected chi connectivity index (χ1v) is 14.7. The second-order valence-corrected chi connectivity index (χ2v) is 12.3. The molecule has 5 rings (SSSR count). The van der Waals surface area contributed by atoms with Crippen molar-refractivity contribution < 1.29 is 30.8 Å². The molecule has 1 saturated heterocycles. The van der Waals surface area contributed by atoms with Gasteiger partial charge in [-0.25, -0.2) is 22.5 Å². The summed E-state index contributed by atoms with van der Waals surface area (Å²) in [4.78, 5) is 22.1. The lowest BCUT2D eigenvalue weighted by Crippen LogP contribution is -2.53. The number of aromatic nitrogens is 4. The fraction of sp³-hybridized carbons (Fsp3) is 0.310. The van der Waals surface area contributed by atoms with Crippen LogP contribution in [0.5, 0.6) is 0 Å². The quantitative estimate of drug-likeness (QED) is 0.165. The van der Waals surface area contributed by atoms with Crippen molar-refractivity contribution in [1.29, 1.82) is 0 Å². The fourth-order valence-corrected chi connectivity index (χ4v) is 7.02. The smallest absolute Gasteiger partial charge is 0.337 e. The Morgan fingerprint density at radius 2 is 1.91 bits per heavy atom. The number of fused-ring (bicyclic) bond motifs is 2. The van der Waals surface area contributed by atoms with Gasteiger partial charge in [-0.1, -0.05) is 11.6 Å². The summed E-state index contributed by atoms with van der Waals surface area (Å²) < 4.78 is 86.2. The molecule has 1 aromatic carbocycles. The van der Waals surface area contributed by atoms with Gasteiger partial charge >= 0.3 is 6.18 Å². The van der Waals surface area contributed by atoms with Crippen molar-refractivity contribution in [2.24, 2.45) is 17.5 Å². The molecule has 0 bridgehead atoms. The molecular weight excluding hydrogens is 588 g/mol. The van der Waals surface area contributed by atoms with E-state index in [-0.39, 0.29) is 31.0 Å². The molecule has 14 heteroatoms. The highest BCUT2D eigenvalue weighted by Gasteiger charge is 2.52. The lowest BCUT2D eigenvalue weighted by Gasteiger charge is -2.44. The van der Waals surface area contributed by atoms with Crippen LogP contribution in [0.4, 0.5) is 17.6 Å². The van der Waals surface area contributed by atoms with E-state index in [1.54, 1.807) is 29.3 Å². The standard InChI is InChI=1S/C29H28F4N6O3S/c1-5-20(29(31,32)33)12-24(34-3)27(40)28-14-19-15-35-39(23-8-6-22(30)7-9-23)25(19)13-21(28)10-11-38(17-28)43(41,42)26-16-37(4)18(2)36-26/h5-9,12-13,15-16H,3,10-11,14,17H2,1-2,4H3/b20-5+,24-12-/t28-/m0/s1. The van der Waals surface area contributed by atoms with Crippen molar-refractivity contribution in [3.8, 4) is 5.69 Å². The first-order valence-electron chi connectivity index (χ1n) is 13.2. The first-order chi connectivity index (χ1) is 20.2. The van der Waals surface area contributed by atoms with Crippen LogP contribution >= 0.6 is 0 Å². The van der Waals surface area contributed by atoms with Crippen molar-refractivity contribution in [1.82, 2.24) is 23.6 Å². The number of carbonyl (C=O) groups is 1. The Kier molecular flexibility index (Phi) is 7.63. The highest BCUT2D eigenvalue weighted by Crippen LogP contribution is 2.47. The van der Waals surface area contributed by atoms with Gasteiger partial charge in [0.1, 0.15) is 17.3 Å². The van der Waals surface area contributed by atoms with Gasteiger partial charge in [-0.3, -0.25) is 9.79 Å². The zero-order chi connectivity index (χ0) is 31.3. The number of Topliss-reactive ketones (excluding diaryl/α,β-unsaturated/α-hetero) is 1. The predicted octanol–water partition coefficient (Wildman–Crippen LogP) is 4.74. The largest absolute Gasteiger partial charge is 0.416 e. The molecule has 1 aliphatic heterocycles. The monoisotopic (exact) mass is 616 g/mol. The Morgan fingerprint density at radius 1 is 1.21 bits per heavy atom. The minimum absolute atomic E-state index is 0.00205. The summed E-state index contributed by atoms with van der Waals surface area (Å²) in [5, 5.41) is 4.22. The van der Waals surface area contributed by atoms with E-state index >= 15 is 0 Å². The minimum atomic E-state index is -4.75. The number of rotatable bonds is 7.